The van der Waals surface area contributed by atoms with Gasteiger partial charge in [0.15, 0.2) is 0 Å². The molecule has 0 radical (unpaired) electrons. The summed E-state index contributed by atoms with van der Waals surface area (Å²) in [5.41, 5.74) is 0.883. The molecule has 1 atom stereocenters. The summed E-state index contributed by atoms with van der Waals surface area (Å²) < 4.78 is 5.20. The number of amides is 1. The minimum atomic E-state index is -0.444. The highest BCUT2D eigenvalue weighted by Crippen LogP contribution is 2.06. The van der Waals surface area contributed by atoms with Crippen molar-refractivity contribution < 1.29 is 9.53 Å². The van der Waals surface area contributed by atoms with Gasteiger partial charge in [-0.15, -0.1) is 0 Å². The molecule has 5 heteroatoms. The lowest BCUT2D eigenvalue weighted by atomic mass is 10.2. The number of alkyl carbamates (subject to hydrolysis) is 1. The number of hydrogen-bond donors (Lipinski definition) is 2. The lowest BCUT2D eigenvalue weighted by Crippen LogP contribution is -2.39. The first-order chi connectivity index (χ1) is 11.3. The third kappa shape index (κ3) is 10.2. The number of carbonyl (C=O) groups is 1. The zero-order chi connectivity index (χ0) is 18.0. The van der Waals surface area contributed by atoms with Gasteiger partial charge in [0, 0.05) is 25.7 Å². The summed E-state index contributed by atoms with van der Waals surface area (Å²) in [6.07, 6.45) is 0.532. The highest BCUT2D eigenvalue weighted by molar-refractivity contribution is 5.67. The molecule has 1 amide bonds. The number of nitrogens with zero attached hydrogens (tertiary/aromatic N) is 1. The van der Waals surface area contributed by atoms with Gasteiger partial charge in [0.1, 0.15) is 5.60 Å². The molecule has 2 N–H and O–H groups in total. The second-order valence-corrected chi connectivity index (χ2v) is 7.32. The Bertz CT molecular complexity index is 471. The van der Waals surface area contributed by atoms with Crippen LogP contribution in [0.15, 0.2) is 30.3 Å². The van der Waals surface area contributed by atoms with E-state index in [1.54, 1.807) is 0 Å². The van der Waals surface area contributed by atoms with Crippen LogP contribution >= 0.6 is 0 Å². The Balaban J connectivity index is 2.09. The second kappa shape index (κ2) is 10.3. The van der Waals surface area contributed by atoms with Gasteiger partial charge in [-0.2, -0.15) is 0 Å². The summed E-state index contributed by atoms with van der Waals surface area (Å²) in [6, 6.07) is 10.9. The summed E-state index contributed by atoms with van der Waals surface area (Å²) in [5, 5.41) is 6.26. The zero-order valence-corrected chi connectivity index (χ0v) is 15.8. The number of likely N-dealkylation sites (N-methyl/N-ethyl adjacent to an activating group) is 1. The Kier molecular flexibility index (Phi) is 8.79. The molecule has 0 aliphatic heterocycles. The van der Waals surface area contributed by atoms with Crippen molar-refractivity contribution in [3.63, 3.8) is 0 Å². The average Bonchev–Trinajstić information content (AvgIpc) is 2.45. The first kappa shape index (κ1) is 20.5. The zero-order valence-electron chi connectivity index (χ0n) is 15.8. The van der Waals surface area contributed by atoms with Crippen molar-refractivity contribution >= 4 is 6.09 Å². The molecule has 1 unspecified atom stereocenters. The fourth-order valence-electron chi connectivity index (χ4n) is 2.43. The summed E-state index contributed by atoms with van der Waals surface area (Å²) in [4.78, 5) is 13.8. The van der Waals surface area contributed by atoms with E-state index in [2.05, 4.69) is 53.8 Å². The van der Waals surface area contributed by atoms with Gasteiger partial charge in [0.2, 0.25) is 0 Å². The van der Waals surface area contributed by atoms with E-state index in [1.165, 1.54) is 5.56 Å². The maximum Gasteiger partial charge on any atom is 0.407 e. The van der Waals surface area contributed by atoms with Gasteiger partial charge in [-0.1, -0.05) is 30.3 Å². The summed E-state index contributed by atoms with van der Waals surface area (Å²) >= 11 is 0. The maximum atomic E-state index is 11.5. The molecule has 0 aliphatic carbocycles. The second-order valence-electron chi connectivity index (χ2n) is 7.32. The average molecular weight is 335 g/mol. The van der Waals surface area contributed by atoms with Crippen LogP contribution in [0.4, 0.5) is 4.79 Å². The molecule has 5 nitrogen and oxygen atoms in total. The fourth-order valence-corrected chi connectivity index (χ4v) is 2.43. The molecular formula is C19H33N3O2. The molecule has 0 fully saturated rings. The van der Waals surface area contributed by atoms with Gasteiger partial charge in [-0.05, 0) is 53.3 Å². The van der Waals surface area contributed by atoms with Crippen molar-refractivity contribution in [1.29, 1.82) is 0 Å². The van der Waals surface area contributed by atoms with Crippen molar-refractivity contribution in [2.45, 2.75) is 52.3 Å². The Labute approximate surface area is 146 Å². The molecule has 0 bridgehead atoms. The van der Waals surface area contributed by atoms with Crippen LogP contribution in [0.5, 0.6) is 0 Å². The smallest absolute Gasteiger partial charge is 0.407 e. The monoisotopic (exact) mass is 335 g/mol. The van der Waals surface area contributed by atoms with Crippen LogP contribution in [-0.2, 0) is 11.3 Å². The third-order valence-corrected chi connectivity index (χ3v) is 3.40. The van der Waals surface area contributed by atoms with Gasteiger partial charge in [-0.3, -0.25) is 0 Å². The molecule has 0 saturated carbocycles. The van der Waals surface area contributed by atoms with Crippen molar-refractivity contribution in [3.05, 3.63) is 35.9 Å². The summed E-state index contributed by atoms with van der Waals surface area (Å²) in [6.45, 7) is 11.2. The molecule has 1 rings (SSSR count). The lowest BCUT2D eigenvalue weighted by molar-refractivity contribution is 0.0527. The van der Waals surface area contributed by atoms with Crippen molar-refractivity contribution in [2.24, 2.45) is 0 Å². The van der Waals surface area contributed by atoms with E-state index in [9.17, 15) is 4.79 Å². The van der Waals surface area contributed by atoms with Crippen molar-refractivity contribution in [2.75, 3.05) is 26.7 Å². The third-order valence-electron chi connectivity index (χ3n) is 3.40. The first-order valence-corrected chi connectivity index (χ1v) is 8.69. The Morgan fingerprint density at radius 3 is 2.50 bits per heavy atom. The minimum absolute atomic E-state index is 0.349. The number of rotatable bonds is 9. The standard InChI is InChI=1S/C19H33N3O2/c1-16(14-22(5)15-17-10-7-6-8-11-17)20-12-9-13-21-18(23)24-19(2,3)4/h6-8,10-11,16,20H,9,12-15H2,1-5H3,(H,21,23). The topological polar surface area (TPSA) is 53.6 Å². The Hall–Kier alpha value is -1.59. The normalized spacial score (nSPS) is 12.9. The molecule has 0 aliphatic rings. The van der Waals surface area contributed by atoms with Crippen LogP contribution in [0.2, 0.25) is 0 Å². The molecule has 0 heterocycles. The van der Waals surface area contributed by atoms with Crippen LogP contribution in [0.3, 0.4) is 0 Å². The quantitative estimate of drug-likeness (QED) is 0.681. The van der Waals surface area contributed by atoms with E-state index in [4.69, 9.17) is 4.74 Å². The number of nitrogens with one attached hydrogen (secondary N) is 2. The molecule has 1 aromatic carbocycles. The van der Waals surface area contributed by atoms with Crippen molar-refractivity contribution in [1.82, 2.24) is 15.5 Å². The van der Waals surface area contributed by atoms with E-state index < -0.39 is 5.60 Å². The fraction of sp³-hybridized carbons (Fsp3) is 0.632. The van der Waals surface area contributed by atoms with Crippen LogP contribution < -0.4 is 10.6 Å². The molecule has 0 spiro atoms. The van der Waals surface area contributed by atoms with E-state index in [-0.39, 0.29) is 6.09 Å². The van der Waals surface area contributed by atoms with E-state index in [0.29, 0.717) is 12.6 Å². The van der Waals surface area contributed by atoms with Crippen LogP contribution in [0, 0.1) is 0 Å². The van der Waals surface area contributed by atoms with Gasteiger partial charge in [0.05, 0.1) is 0 Å². The maximum absolute atomic E-state index is 11.5. The van der Waals surface area contributed by atoms with E-state index in [1.807, 2.05) is 26.8 Å². The van der Waals surface area contributed by atoms with Gasteiger partial charge >= 0.3 is 6.09 Å². The summed E-state index contributed by atoms with van der Waals surface area (Å²) in [5.74, 6) is 0. The Morgan fingerprint density at radius 2 is 1.88 bits per heavy atom. The minimum Gasteiger partial charge on any atom is -0.444 e. The van der Waals surface area contributed by atoms with Gasteiger partial charge < -0.3 is 20.3 Å². The molecule has 136 valence electrons. The SMILES string of the molecule is CC(CN(C)Cc1ccccc1)NCCCNC(=O)OC(C)(C)C. The number of benzene rings is 1. The van der Waals surface area contributed by atoms with Crippen LogP contribution in [-0.4, -0.2) is 49.3 Å². The first-order valence-electron chi connectivity index (χ1n) is 8.69. The Morgan fingerprint density at radius 1 is 1.21 bits per heavy atom. The molecule has 0 saturated heterocycles. The molecule has 24 heavy (non-hydrogen) atoms. The predicted octanol–water partition coefficient (Wildman–Crippen LogP) is 3.01. The summed E-state index contributed by atoms with van der Waals surface area (Å²) in [7, 11) is 2.13. The molecule has 0 aromatic heterocycles. The lowest BCUT2D eigenvalue weighted by Gasteiger charge is -2.22. The van der Waals surface area contributed by atoms with E-state index >= 15 is 0 Å². The van der Waals surface area contributed by atoms with Crippen LogP contribution in [0.25, 0.3) is 0 Å². The van der Waals surface area contributed by atoms with Crippen LogP contribution in [0.1, 0.15) is 39.7 Å². The number of ether oxygens (including phenoxy) is 1. The predicted molar refractivity (Wildman–Crippen MR) is 99.1 cm³/mol. The highest BCUT2D eigenvalue weighted by atomic mass is 16.6. The number of hydrogen-bond acceptors (Lipinski definition) is 4. The largest absolute Gasteiger partial charge is 0.444 e. The molecular weight excluding hydrogens is 302 g/mol. The number of carbonyl (C=O) groups excluding carboxylic acids is 1. The van der Waals surface area contributed by atoms with Gasteiger partial charge in [0.25, 0.3) is 0 Å². The van der Waals surface area contributed by atoms with Gasteiger partial charge in [-0.25, -0.2) is 4.79 Å². The van der Waals surface area contributed by atoms with Crippen molar-refractivity contribution in [3.8, 4) is 0 Å². The van der Waals surface area contributed by atoms with E-state index in [0.717, 1.165) is 26.1 Å². The highest BCUT2D eigenvalue weighted by Gasteiger charge is 2.15. The molecule has 1 aromatic rings.